The van der Waals surface area contributed by atoms with E-state index >= 15 is 4.39 Å². The summed E-state index contributed by atoms with van der Waals surface area (Å²) < 4.78 is 20.9. The zero-order chi connectivity index (χ0) is 25.2. The van der Waals surface area contributed by atoms with Gasteiger partial charge in [-0.05, 0) is 55.6 Å². The molecule has 1 saturated carbocycles. The number of aromatic nitrogens is 4. The lowest BCUT2D eigenvalue weighted by molar-refractivity contribution is 0.0903. The Morgan fingerprint density at radius 3 is 2.81 bits per heavy atom. The summed E-state index contributed by atoms with van der Waals surface area (Å²) in [6, 6.07) is 5.11. The highest BCUT2D eigenvalue weighted by molar-refractivity contribution is 7.98. The van der Waals surface area contributed by atoms with Crippen molar-refractivity contribution in [2.75, 3.05) is 6.26 Å². The number of rotatable bonds is 7. The molecule has 1 aromatic carbocycles. The molecule has 188 valence electrons. The number of hydrogen-bond acceptors (Lipinski definition) is 6. The number of H-pyrrole nitrogens is 1. The van der Waals surface area contributed by atoms with Crippen LogP contribution in [0.4, 0.5) is 4.39 Å². The number of aryl methyl sites for hydroxylation is 1. The Morgan fingerprint density at radius 1 is 1.25 bits per heavy atom. The molecule has 0 bridgehead atoms. The van der Waals surface area contributed by atoms with Gasteiger partial charge in [0.2, 0.25) is 0 Å². The number of fused-ring (bicyclic) bond motifs is 1. The topological polar surface area (TPSA) is 96.7 Å². The molecular weight excluding hydrogens is 477 g/mol. The van der Waals surface area contributed by atoms with Crippen molar-refractivity contribution >= 4 is 28.7 Å². The maximum Gasteiger partial charge on any atom is 0.257 e. The predicted molar refractivity (Wildman–Crippen MR) is 138 cm³/mol. The molecule has 3 aromatic heterocycles. The fraction of sp³-hybridized carbons (Fsp3) is 0.407. The number of amides is 1. The van der Waals surface area contributed by atoms with E-state index < -0.39 is 5.82 Å². The number of carbonyl (C=O) groups excluding carboxylic acids is 1. The number of halogens is 1. The molecule has 1 atom stereocenters. The van der Waals surface area contributed by atoms with Crippen LogP contribution in [0.15, 0.2) is 46.3 Å². The van der Waals surface area contributed by atoms with Crippen molar-refractivity contribution in [3.63, 3.8) is 0 Å². The van der Waals surface area contributed by atoms with E-state index in [1.165, 1.54) is 6.26 Å². The molecule has 5 rings (SSSR count). The second-order valence-corrected chi connectivity index (χ2v) is 10.4. The Hall–Kier alpha value is -3.20. The fourth-order valence-corrected chi connectivity index (χ4v) is 5.70. The molecule has 1 aliphatic carbocycles. The zero-order valence-corrected chi connectivity index (χ0v) is 21.5. The lowest BCUT2D eigenvalue weighted by Crippen LogP contribution is -2.36. The summed E-state index contributed by atoms with van der Waals surface area (Å²) in [5.41, 5.74) is 3.11. The molecule has 1 aliphatic rings. The summed E-state index contributed by atoms with van der Waals surface area (Å²) in [5, 5.41) is 7.11. The number of thioether (sulfide) groups is 1. The van der Waals surface area contributed by atoms with Gasteiger partial charge in [-0.1, -0.05) is 31.8 Å². The Kier molecular flexibility index (Phi) is 7.09. The monoisotopic (exact) mass is 507 g/mol. The molecule has 0 radical (unpaired) electrons. The number of nitrogens with one attached hydrogen (secondary N) is 2. The van der Waals surface area contributed by atoms with Gasteiger partial charge in [0.15, 0.2) is 5.82 Å². The number of hydrogen-bond donors (Lipinski definition) is 2. The highest BCUT2D eigenvalue weighted by atomic mass is 32.2. The van der Waals surface area contributed by atoms with Crippen LogP contribution in [0.2, 0.25) is 0 Å². The first-order chi connectivity index (χ1) is 17.5. The molecule has 1 fully saturated rings. The van der Waals surface area contributed by atoms with E-state index in [0.29, 0.717) is 40.5 Å². The summed E-state index contributed by atoms with van der Waals surface area (Å²) >= 11 is 1.55. The molecule has 1 amide bonds. The SMILES string of the molecule is CCc1nocc1C(=O)NC(c1nc2c(F)c(-c3cnccc3SC)ccc2[nH]1)C1CCC(C)CC1. The molecular formula is C27H30FN5O2S. The normalized spacial score (nSPS) is 18.9. The van der Waals surface area contributed by atoms with Crippen molar-refractivity contribution < 1.29 is 13.7 Å². The van der Waals surface area contributed by atoms with E-state index in [9.17, 15) is 4.79 Å². The predicted octanol–water partition coefficient (Wildman–Crippen LogP) is 6.33. The van der Waals surface area contributed by atoms with Crippen LogP contribution in [-0.2, 0) is 6.42 Å². The summed E-state index contributed by atoms with van der Waals surface area (Å²) in [4.78, 5) is 26.4. The van der Waals surface area contributed by atoms with Crippen LogP contribution in [-0.4, -0.2) is 32.3 Å². The van der Waals surface area contributed by atoms with E-state index in [1.807, 2.05) is 25.3 Å². The third-order valence-electron chi connectivity index (χ3n) is 7.24. The first-order valence-electron chi connectivity index (χ1n) is 12.4. The van der Waals surface area contributed by atoms with Gasteiger partial charge in [-0.2, -0.15) is 0 Å². The first-order valence-corrected chi connectivity index (χ1v) is 13.6. The number of imidazole rings is 1. The smallest absolute Gasteiger partial charge is 0.257 e. The molecule has 1 unspecified atom stereocenters. The van der Waals surface area contributed by atoms with E-state index in [2.05, 4.69) is 27.4 Å². The van der Waals surface area contributed by atoms with Crippen LogP contribution in [0.5, 0.6) is 0 Å². The van der Waals surface area contributed by atoms with Crippen molar-refractivity contribution in [3.8, 4) is 11.1 Å². The van der Waals surface area contributed by atoms with E-state index in [-0.39, 0.29) is 23.4 Å². The van der Waals surface area contributed by atoms with Crippen LogP contribution in [0.25, 0.3) is 22.2 Å². The van der Waals surface area contributed by atoms with Crippen molar-refractivity contribution in [1.29, 1.82) is 0 Å². The van der Waals surface area contributed by atoms with Gasteiger partial charge in [-0.15, -0.1) is 11.8 Å². The third kappa shape index (κ3) is 4.64. The van der Waals surface area contributed by atoms with Gasteiger partial charge >= 0.3 is 0 Å². The number of aromatic amines is 1. The minimum absolute atomic E-state index is 0.194. The van der Waals surface area contributed by atoms with E-state index in [4.69, 9.17) is 9.51 Å². The van der Waals surface area contributed by atoms with Gasteiger partial charge in [0.05, 0.1) is 17.3 Å². The first kappa shape index (κ1) is 24.5. The molecule has 4 aromatic rings. The molecule has 2 N–H and O–H groups in total. The van der Waals surface area contributed by atoms with Gasteiger partial charge in [-0.25, -0.2) is 9.37 Å². The fourth-order valence-electron chi connectivity index (χ4n) is 5.13. The maximum absolute atomic E-state index is 15.8. The second kappa shape index (κ2) is 10.4. The van der Waals surface area contributed by atoms with Crippen LogP contribution < -0.4 is 5.32 Å². The van der Waals surface area contributed by atoms with E-state index in [0.717, 1.165) is 36.1 Å². The number of pyridine rings is 1. The van der Waals surface area contributed by atoms with Gasteiger partial charge < -0.3 is 14.8 Å². The second-order valence-electron chi connectivity index (χ2n) is 9.52. The van der Waals surface area contributed by atoms with Crippen molar-refractivity contribution in [3.05, 3.63) is 59.8 Å². The molecule has 0 aliphatic heterocycles. The lowest BCUT2D eigenvalue weighted by atomic mass is 9.79. The largest absolute Gasteiger partial charge is 0.364 e. The van der Waals surface area contributed by atoms with Crippen LogP contribution in [0, 0.1) is 17.7 Å². The Bertz CT molecular complexity index is 1380. The molecule has 9 heteroatoms. The number of benzene rings is 1. The van der Waals surface area contributed by atoms with Crippen molar-refractivity contribution in [2.45, 2.75) is 56.9 Å². The Labute approximate surface area is 213 Å². The van der Waals surface area contributed by atoms with Crippen LogP contribution in [0.3, 0.4) is 0 Å². The third-order valence-corrected chi connectivity index (χ3v) is 8.04. The quantitative estimate of drug-likeness (QED) is 0.284. The van der Waals surface area contributed by atoms with E-state index in [1.54, 1.807) is 30.2 Å². The van der Waals surface area contributed by atoms with Crippen LogP contribution >= 0.6 is 11.8 Å². The summed E-state index contributed by atoms with van der Waals surface area (Å²) in [5.74, 6) is 0.772. The van der Waals surface area contributed by atoms with Gasteiger partial charge in [0.25, 0.3) is 5.91 Å². The highest BCUT2D eigenvalue weighted by Crippen LogP contribution is 2.38. The average molecular weight is 508 g/mol. The molecule has 0 spiro atoms. The highest BCUT2D eigenvalue weighted by Gasteiger charge is 2.32. The van der Waals surface area contributed by atoms with Gasteiger partial charge in [0, 0.05) is 28.4 Å². The van der Waals surface area contributed by atoms with Crippen molar-refractivity contribution in [2.24, 2.45) is 11.8 Å². The van der Waals surface area contributed by atoms with Crippen molar-refractivity contribution in [1.82, 2.24) is 25.4 Å². The Morgan fingerprint density at radius 2 is 2.06 bits per heavy atom. The minimum atomic E-state index is -0.395. The minimum Gasteiger partial charge on any atom is -0.364 e. The van der Waals surface area contributed by atoms with Crippen LogP contribution in [0.1, 0.15) is 67.4 Å². The zero-order valence-electron chi connectivity index (χ0n) is 20.7. The summed E-state index contributed by atoms with van der Waals surface area (Å²) in [7, 11) is 0. The van der Waals surface area contributed by atoms with Gasteiger partial charge in [0.1, 0.15) is 23.2 Å². The molecule has 36 heavy (non-hydrogen) atoms. The Balaban J connectivity index is 1.53. The van der Waals surface area contributed by atoms with Gasteiger partial charge in [-0.3, -0.25) is 9.78 Å². The summed E-state index contributed by atoms with van der Waals surface area (Å²) in [6.45, 7) is 4.19. The standard InChI is InChI=1S/C27H30FN5O2S/c1-4-20-19(14-35-33-20)27(34)32-24(16-7-5-15(2)6-8-16)26-30-21-10-9-17(23(28)25(21)31-26)18-13-29-12-11-22(18)36-3/h9-16,24H,4-8H2,1-3H3,(H,30,31)(H,32,34). The maximum atomic E-state index is 15.8. The summed E-state index contributed by atoms with van der Waals surface area (Å²) in [6.07, 6.45) is 11.4. The average Bonchev–Trinajstić information content (AvgIpc) is 3.56. The lowest BCUT2D eigenvalue weighted by Gasteiger charge is -2.32. The molecule has 7 nitrogen and oxygen atoms in total. The molecule has 3 heterocycles. The number of carbonyl (C=O) groups is 1. The molecule has 0 saturated heterocycles. The number of nitrogens with zero attached hydrogens (tertiary/aromatic N) is 3.